The molecule has 0 bridgehead atoms. The largest absolute Gasteiger partial charge is 1.00 e. The van der Waals surface area contributed by atoms with Gasteiger partial charge in [0.1, 0.15) is 0 Å². The molecule has 0 saturated carbocycles. The third-order valence-corrected chi connectivity index (χ3v) is 16.1. The summed E-state index contributed by atoms with van der Waals surface area (Å²) in [5, 5.41) is 0. The molecular weight excluding hydrogens is 595 g/mol. The fraction of sp³-hybridized carbons (Fsp3) is 0.194. The van der Waals surface area contributed by atoms with Crippen LogP contribution in [0.15, 0.2) is 124 Å². The number of benzene rings is 4. The van der Waals surface area contributed by atoms with Crippen LogP contribution < -0.4 is 28.1 Å². The molecule has 0 unspecified atom stereocenters. The first-order chi connectivity index (χ1) is 18.1. The van der Waals surface area contributed by atoms with Crippen LogP contribution in [0.3, 0.4) is 0 Å². The van der Waals surface area contributed by atoms with Crippen LogP contribution in [-0.2, 0) is 27.7 Å². The Morgan fingerprint density at radius 3 is 1.95 bits per heavy atom. The van der Waals surface area contributed by atoms with Crippen molar-refractivity contribution in [2.45, 2.75) is 40.0 Å². The Morgan fingerprint density at radius 2 is 1.31 bits per heavy atom. The maximum atomic E-state index is 2.49. The molecule has 0 nitrogen and oxygen atoms in total. The summed E-state index contributed by atoms with van der Waals surface area (Å²) < 4.78 is 5.01. The Labute approximate surface area is 253 Å². The van der Waals surface area contributed by atoms with Gasteiger partial charge >= 0.3 is 231 Å². The molecule has 0 saturated heterocycles. The molecule has 0 aliphatic heterocycles. The second-order valence-electron chi connectivity index (χ2n) is 10.9. The topological polar surface area (TPSA) is 0 Å². The maximum Gasteiger partial charge on any atom is -1.00 e. The summed E-state index contributed by atoms with van der Waals surface area (Å²) >= 11 is -2.66. The molecular formula is C36H34Cl2Zr. The van der Waals surface area contributed by atoms with Gasteiger partial charge in [0, 0.05) is 0 Å². The van der Waals surface area contributed by atoms with Gasteiger partial charge in [0.25, 0.3) is 0 Å². The van der Waals surface area contributed by atoms with Gasteiger partial charge in [-0.05, 0) is 0 Å². The molecule has 4 aromatic rings. The molecule has 0 N–H and O–H groups in total. The van der Waals surface area contributed by atoms with Gasteiger partial charge in [0.05, 0.1) is 0 Å². The van der Waals surface area contributed by atoms with Crippen molar-refractivity contribution in [3.05, 3.63) is 146 Å². The van der Waals surface area contributed by atoms with Gasteiger partial charge < -0.3 is 24.8 Å². The predicted molar refractivity (Wildman–Crippen MR) is 155 cm³/mol. The maximum absolute atomic E-state index is 2.66. The van der Waals surface area contributed by atoms with Crippen LogP contribution in [0.2, 0.25) is 0 Å². The number of allylic oxidation sites excluding steroid dienone is 4. The summed E-state index contributed by atoms with van der Waals surface area (Å²) in [5.41, 5.74) is 10.5. The zero-order valence-corrected chi connectivity index (χ0v) is 26.8. The van der Waals surface area contributed by atoms with Gasteiger partial charge in [0.15, 0.2) is 0 Å². The minimum atomic E-state index is -2.66. The Kier molecular flexibility index (Phi) is 9.49. The summed E-state index contributed by atoms with van der Waals surface area (Å²) in [5.74, 6) is 0. The monoisotopic (exact) mass is 626 g/mol. The van der Waals surface area contributed by atoms with E-state index in [2.05, 4.69) is 136 Å². The minimum absolute atomic E-state index is 0. The molecule has 0 aromatic heterocycles. The molecule has 0 fully saturated rings. The number of fused-ring (bicyclic) bond motifs is 3. The van der Waals surface area contributed by atoms with Gasteiger partial charge in [-0.3, -0.25) is 0 Å². The number of hydrogen-bond acceptors (Lipinski definition) is 0. The molecule has 2 aliphatic rings. The molecule has 0 heterocycles. The fourth-order valence-electron chi connectivity index (χ4n) is 6.07. The van der Waals surface area contributed by atoms with Crippen LogP contribution in [0, 0.1) is 5.41 Å². The van der Waals surface area contributed by atoms with Crippen LogP contribution in [0.25, 0.3) is 11.1 Å². The molecule has 39 heavy (non-hydrogen) atoms. The van der Waals surface area contributed by atoms with Crippen LogP contribution in [-0.4, -0.2) is 3.21 Å². The third kappa shape index (κ3) is 5.52. The fourth-order valence-corrected chi connectivity index (χ4v) is 14.9. The van der Waals surface area contributed by atoms with Crippen LogP contribution >= 0.6 is 0 Å². The zero-order valence-electron chi connectivity index (χ0n) is 22.8. The molecule has 4 aromatic carbocycles. The number of hydrogen-bond donors (Lipinski definition) is 0. The SMILES string of the molecule is CCC(C)(C)C1=[C]([Zr+2](=[C](c2ccccc2)c2ccccc2)[c]2cccc3c2Cc2ccccc2-3)CC=C1.[Cl-].[Cl-]. The minimum Gasteiger partial charge on any atom is -1.00 e. The molecule has 0 spiro atoms. The van der Waals surface area contributed by atoms with Crippen LogP contribution in [0.4, 0.5) is 0 Å². The third-order valence-electron chi connectivity index (χ3n) is 8.34. The van der Waals surface area contributed by atoms with Crippen molar-refractivity contribution in [1.29, 1.82) is 0 Å². The van der Waals surface area contributed by atoms with Gasteiger partial charge in [-0.2, -0.15) is 0 Å². The van der Waals surface area contributed by atoms with E-state index in [0.717, 1.165) is 19.3 Å². The number of halogens is 2. The summed E-state index contributed by atoms with van der Waals surface area (Å²) in [4.78, 5) is 0. The van der Waals surface area contributed by atoms with Gasteiger partial charge in [0.2, 0.25) is 0 Å². The van der Waals surface area contributed by atoms with Crippen molar-refractivity contribution < 1.29 is 46.1 Å². The van der Waals surface area contributed by atoms with Crippen molar-refractivity contribution in [3.8, 4) is 11.1 Å². The zero-order chi connectivity index (χ0) is 25.4. The van der Waals surface area contributed by atoms with Crippen molar-refractivity contribution in [2.24, 2.45) is 5.41 Å². The van der Waals surface area contributed by atoms with E-state index < -0.39 is 21.3 Å². The van der Waals surface area contributed by atoms with Crippen LogP contribution in [0.1, 0.15) is 55.9 Å². The van der Waals surface area contributed by atoms with E-state index in [0.29, 0.717) is 0 Å². The molecule has 6 rings (SSSR count). The second-order valence-corrected chi connectivity index (χ2v) is 16.8. The first kappa shape index (κ1) is 29.7. The van der Waals surface area contributed by atoms with E-state index in [-0.39, 0.29) is 30.2 Å². The van der Waals surface area contributed by atoms with E-state index in [1.165, 1.54) is 27.8 Å². The molecule has 0 atom stereocenters. The van der Waals surface area contributed by atoms with Crippen molar-refractivity contribution in [2.75, 3.05) is 0 Å². The molecule has 0 radical (unpaired) electrons. The molecule has 196 valence electrons. The van der Waals surface area contributed by atoms with Crippen molar-refractivity contribution in [3.63, 3.8) is 0 Å². The van der Waals surface area contributed by atoms with Crippen LogP contribution in [0.5, 0.6) is 0 Å². The van der Waals surface area contributed by atoms with E-state index >= 15 is 0 Å². The Morgan fingerprint density at radius 1 is 0.718 bits per heavy atom. The van der Waals surface area contributed by atoms with Crippen molar-refractivity contribution >= 4 is 6.48 Å². The van der Waals surface area contributed by atoms with Crippen molar-refractivity contribution in [1.82, 2.24) is 0 Å². The standard InChI is InChI=1S/C13H9.C13H10.C10H15.2ClH.Zr/c1-3-7-12-10(5-1)9-11-6-2-4-8-13(11)12;1-3-7-12(8-4-1)11-13-9-5-2-6-10-13;1-4-10(2,3)9-7-5-6-8-9;;;/h1-5,7-8H,9H2;1-10H;5,7H,4,6H2,1-3H3;2*1H;/q;;;;;+2/p-2. The average molecular weight is 629 g/mol. The Hall–Kier alpha value is -2.31. The summed E-state index contributed by atoms with van der Waals surface area (Å²) in [6.07, 6.45) is 8.19. The molecule has 2 aliphatic carbocycles. The summed E-state index contributed by atoms with van der Waals surface area (Å²) in [6.45, 7) is 7.22. The first-order valence-electron chi connectivity index (χ1n) is 13.5. The predicted octanol–water partition coefficient (Wildman–Crippen LogP) is 2.43. The summed E-state index contributed by atoms with van der Waals surface area (Å²) in [7, 11) is 0. The summed E-state index contributed by atoms with van der Waals surface area (Å²) in [6, 6.07) is 38.7. The van der Waals surface area contributed by atoms with E-state index in [4.69, 9.17) is 0 Å². The van der Waals surface area contributed by atoms with Gasteiger partial charge in [-0.1, -0.05) is 0 Å². The first-order valence-corrected chi connectivity index (χ1v) is 17.2. The Balaban J connectivity index is 0.00000176. The molecule has 0 amide bonds. The van der Waals surface area contributed by atoms with E-state index in [1.54, 1.807) is 20.9 Å². The van der Waals surface area contributed by atoms with Gasteiger partial charge in [-0.25, -0.2) is 0 Å². The van der Waals surface area contributed by atoms with Gasteiger partial charge in [-0.15, -0.1) is 0 Å². The smallest absolute Gasteiger partial charge is 1.00 e. The second kappa shape index (κ2) is 12.5. The van der Waals surface area contributed by atoms with E-state index in [1.807, 2.05) is 0 Å². The number of rotatable bonds is 6. The Bertz CT molecular complexity index is 1520. The molecule has 3 heteroatoms. The normalized spacial score (nSPS) is 13.1. The van der Waals surface area contributed by atoms with E-state index in [9.17, 15) is 0 Å². The quantitative estimate of drug-likeness (QED) is 0.271. The average Bonchev–Trinajstić information content (AvgIpc) is 3.58.